The minimum atomic E-state index is -0.464. The van der Waals surface area contributed by atoms with Gasteiger partial charge in [-0.3, -0.25) is 4.79 Å². The lowest BCUT2D eigenvalue weighted by Crippen LogP contribution is -2.22. The third-order valence-electron chi connectivity index (χ3n) is 2.52. The Balaban J connectivity index is 2.02. The molecule has 0 aliphatic carbocycles. The molecule has 0 heterocycles. The van der Waals surface area contributed by atoms with Crippen LogP contribution >= 0.6 is 34.2 Å². The molecule has 19 heavy (non-hydrogen) atoms. The van der Waals surface area contributed by atoms with Crippen LogP contribution in [0.1, 0.15) is 15.9 Å². The number of benzene rings is 2. The van der Waals surface area contributed by atoms with Gasteiger partial charge in [0.15, 0.2) is 0 Å². The van der Waals surface area contributed by atoms with E-state index in [0.717, 1.165) is 9.13 Å². The van der Waals surface area contributed by atoms with Crippen molar-refractivity contribution in [1.82, 2.24) is 5.32 Å². The van der Waals surface area contributed by atoms with Crippen LogP contribution in [0, 0.1) is 9.39 Å². The van der Waals surface area contributed by atoms with Crippen molar-refractivity contribution in [2.24, 2.45) is 0 Å². The van der Waals surface area contributed by atoms with Gasteiger partial charge in [0, 0.05) is 15.7 Å². The topological polar surface area (TPSA) is 29.1 Å². The Morgan fingerprint density at radius 2 is 2.05 bits per heavy atom. The van der Waals surface area contributed by atoms with Crippen molar-refractivity contribution in [2.75, 3.05) is 0 Å². The molecule has 5 heteroatoms. The summed E-state index contributed by atoms with van der Waals surface area (Å²) < 4.78 is 14.0. The summed E-state index contributed by atoms with van der Waals surface area (Å²) >= 11 is 7.83. The van der Waals surface area contributed by atoms with E-state index in [2.05, 4.69) is 27.9 Å². The minimum absolute atomic E-state index is 0.0565. The normalized spacial score (nSPS) is 10.3. The van der Waals surface area contributed by atoms with Gasteiger partial charge in [0.1, 0.15) is 5.82 Å². The van der Waals surface area contributed by atoms with Gasteiger partial charge in [0.05, 0.1) is 5.02 Å². The number of amides is 1. The van der Waals surface area contributed by atoms with Gasteiger partial charge in [-0.2, -0.15) is 0 Å². The van der Waals surface area contributed by atoms with Crippen molar-refractivity contribution in [1.29, 1.82) is 0 Å². The summed E-state index contributed by atoms with van der Waals surface area (Å²) in [5, 5.41) is 2.82. The first-order chi connectivity index (χ1) is 9.06. The van der Waals surface area contributed by atoms with Gasteiger partial charge in [-0.05, 0) is 58.5 Å². The number of hydrogen-bond acceptors (Lipinski definition) is 1. The molecule has 0 aliphatic heterocycles. The van der Waals surface area contributed by atoms with Crippen LogP contribution in [0.15, 0.2) is 42.5 Å². The molecule has 0 saturated carbocycles. The molecule has 0 unspecified atom stereocenters. The lowest BCUT2D eigenvalue weighted by atomic mass is 10.2. The summed E-state index contributed by atoms with van der Waals surface area (Å²) in [5.41, 5.74) is 1.35. The zero-order valence-corrected chi connectivity index (χ0v) is 12.7. The molecule has 0 aromatic heterocycles. The van der Waals surface area contributed by atoms with E-state index in [9.17, 15) is 9.18 Å². The molecule has 2 aromatic carbocycles. The average Bonchev–Trinajstić information content (AvgIpc) is 2.40. The lowest BCUT2D eigenvalue weighted by molar-refractivity contribution is 0.0951. The highest BCUT2D eigenvalue weighted by Crippen LogP contribution is 2.16. The number of hydrogen-bond donors (Lipinski definition) is 1. The Morgan fingerprint density at radius 1 is 1.26 bits per heavy atom. The Bertz CT molecular complexity index is 618. The Hall–Kier alpha value is -1.14. The van der Waals surface area contributed by atoms with Crippen molar-refractivity contribution in [3.8, 4) is 0 Å². The smallest absolute Gasteiger partial charge is 0.251 e. The molecule has 0 radical (unpaired) electrons. The molecule has 0 aliphatic rings. The number of halogens is 3. The predicted molar refractivity (Wildman–Crippen MR) is 81.7 cm³/mol. The molecule has 0 bridgehead atoms. The lowest BCUT2D eigenvalue weighted by Gasteiger charge is -2.06. The Morgan fingerprint density at radius 3 is 2.74 bits per heavy atom. The fourth-order valence-corrected chi connectivity index (χ4v) is 2.31. The van der Waals surface area contributed by atoms with E-state index in [4.69, 9.17) is 11.6 Å². The Kier molecular flexibility index (Phi) is 4.76. The summed E-state index contributed by atoms with van der Waals surface area (Å²) in [6, 6.07) is 11.7. The van der Waals surface area contributed by atoms with Crippen LogP contribution in [0.25, 0.3) is 0 Å². The van der Waals surface area contributed by atoms with E-state index in [0.29, 0.717) is 12.1 Å². The van der Waals surface area contributed by atoms with E-state index in [1.165, 1.54) is 12.1 Å². The molecule has 1 amide bonds. The van der Waals surface area contributed by atoms with Crippen molar-refractivity contribution in [3.05, 3.63) is 68.0 Å². The van der Waals surface area contributed by atoms with Gasteiger partial charge in [-0.15, -0.1) is 0 Å². The van der Waals surface area contributed by atoms with Gasteiger partial charge in [-0.25, -0.2) is 4.39 Å². The largest absolute Gasteiger partial charge is 0.348 e. The zero-order chi connectivity index (χ0) is 13.8. The van der Waals surface area contributed by atoms with E-state index in [1.54, 1.807) is 18.2 Å². The van der Waals surface area contributed by atoms with E-state index in [-0.39, 0.29) is 10.9 Å². The molecular formula is C14H10ClFINO. The SMILES string of the molecule is O=C(NCc1ccc(F)c(Cl)c1)c1cccc(I)c1. The monoisotopic (exact) mass is 389 g/mol. The third-order valence-corrected chi connectivity index (χ3v) is 3.48. The zero-order valence-electron chi connectivity index (χ0n) is 9.79. The molecule has 0 fully saturated rings. The molecule has 0 spiro atoms. The number of nitrogens with one attached hydrogen (secondary N) is 1. The first-order valence-corrected chi connectivity index (χ1v) is 6.99. The molecule has 2 nitrogen and oxygen atoms in total. The van der Waals surface area contributed by atoms with E-state index in [1.807, 2.05) is 12.1 Å². The quantitative estimate of drug-likeness (QED) is 0.790. The highest BCUT2D eigenvalue weighted by Gasteiger charge is 2.06. The first-order valence-electron chi connectivity index (χ1n) is 5.54. The molecular weight excluding hydrogens is 380 g/mol. The molecule has 2 rings (SSSR count). The van der Waals surface area contributed by atoms with Crippen LogP contribution in [0.4, 0.5) is 4.39 Å². The van der Waals surface area contributed by atoms with Crippen LogP contribution in [-0.2, 0) is 6.54 Å². The summed E-state index contributed by atoms with van der Waals surface area (Å²) in [6.07, 6.45) is 0. The van der Waals surface area contributed by atoms with Gasteiger partial charge >= 0.3 is 0 Å². The standard InChI is InChI=1S/C14H10ClFINO/c15-12-6-9(4-5-13(12)16)8-18-14(19)10-2-1-3-11(17)7-10/h1-7H,8H2,(H,18,19). The second-order valence-corrected chi connectivity index (χ2v) is 5.59. The van der Waals surface area contributed by atoms with Gasteiger partial charge in [0.25, 0.3) is 5.91 Å². The van der Waals surface area contributed by atoms with Crippen molar-refractivity contribution < 1.29 is 9.18 Å². The fourth-order valence-electron chi connectivity index (χ4n) is 1.56. The molecule has 1 N–H and O–H groups in total. The summed E-state index contributed by atoms with van der Waals surface area (Å²) in [7, 11) is 0. The van der Waals surface area contributed by atoms with Crippen LogP contribution in [0.3, 0.4) is 0 Å². The van der Waals surface area contributed by atoms with E-state index < -0.39 is 5.82 Å². The van der Waals surface area contributed by atoms with Crippen LogP contribution in [0.2, 0.25) is 5.02 Å². The molecule has 98 valence electrons. The van der Waals surface area contributed by atoms with Crippen LogP contribution in [-0.4, -0.2) is 5.91 Å². The maximum atomic E-state index is 13.0. The summed E-state index contributed by atoms with van der Waals surface area (Å²) in [5.74, 6) is -0.631. The van der Waals surface area contributed by atoms with Crippen molar-refractivity contribution >= 4 is 40.1 Å². The van der Waals surface area contributed by atoms with Gasteiger partial charge in [0.2, 0.25) is 0 Å². The first kappa shape index (κ1) is 14.3. The molecule has 0 saturated heterocycles. The van der Waals surface area contributed by atoms with Gasteiger partial charge < -0.3 is 5.32 Å². The second-order valence-electron chi connectivity index (χ2n) is 3.94. The third kappa shape index (κ3) is 3.91. The molecule has 2 aromatic rings. The fraction of sp³-hybridized carbons (Fsp3) is 0.0714. The highest BCUT2D eigenvalue weighted by molar-refractivity contribution is 14.1. The molecule has 0 atom stereocenters. The summed E-state index contributed by atoms with van der Waals surface area (Å²) in [6.45, 7) is 0.310. The highest BCUT2D eigenvalue weighted by atomic mass is 127. The van der Waals surface area contributed by atoms with Crippen LogP contribution in [0.5, 0.6) is 0 Å². The van der Waals surface area contributed by atoms with Gasteiger partial charge in [-0.1, -0.05) is 23.7 Å². The number of carbonyl (C=O) groups is 1. The van der Waals surface area contributed by atoms with Crippen molar-refractivity contribution in [3.63, 3.8) is 0 Å². The van der Waals surface area contributed by atoms with E-state index >= 15 is 0 Å². The van der Waals surface area contributed by atoms with Crippen LogP contribution < -0.4 is 5.32 Å². The second kappa shape index (κ2) is 6.34. The minimum Gasteiger partial charge on any atom is -0.348 e. The number of rotatable bonds is 3. The predicted octanol–water partition coefficient (Wildman–Crippen LogP) is 4.01. The summed E-state index contributed by atoms with van der Waals surface area (Å²) in [4.78, 5) is 11.9. The Labute approximate surface area is 129 Å². The number of carbonyl (C=O) groups excluding carboxylic acids is 1. The van der Waals surface area contributed by atoms with Crippen molar-refractivity contribution in [2.45, 2.75) is 6.54 Å². The maximum absolute atomic E-state index is 13.0. The average molecular weight is 390 g/mol. The maximum Gasteiger partial charge on any atom is 0.251 e.